The van der Waals surface area contributed by atoms with Crippen molar-refractivity contribution in [3.05, 3.63) is 0 Å². The minimum Gasteiger partial charge on any atom is -0.481 e. The van der Waals surface area contributed by atoms with Gasteiger partial charge in [0.15, 0.2) is 0 Å². The quantitative estimate of drug-likeness (QED) is 0.575. The average molecular weight is 175 g/mol. The van der Waals surface area contributed by atoms with Crippen molar-refractivity contribution in [3.8, 4) is 0 Å². The topological polar surface area (TPSA) is 72.5 Å². The van der Waals surface area contributed by atoms with Crippen LogP contribution in [0.2, 0.25) is 0 Å². The molecule has 0 amide bonds. The zero-order chi connectivity index (χ0) is 9.61. The molecule has 0 bridgehead atoms. The molecule has 1 unspecified atom stereocenters. The summed E-state index contributed by atoms with van der Waals surface area (Å²) in [5, 5.41) is 8.80. The number of carbonyl (C=O) groups is 1. The Labute approximate surface area is 72.7 Å². The van der Waals surface area contributed by atoms with Crippen molar-refractivity contribution >= 4 is 5.97 Å². The van der Waals surface area contributed by atoms with E-state index in [9.17, 15) is 4.79 Å². The standard InChI is InChI=1S/C8H17NO3/c1-3-12-5-4-8(2,6-9)7(10)11/h3-6,9H2,1-2H3,(H,10,11). The van der Waals surface area contributed by atoms with Crippen LogP contribution in [0.15, 0.2) is 0 Å². The first kappa shape index (κ1) is 11.4. The molecule has 0 saturated carbocycles. The summed E-state index contributed by atoms with van der Waals surface area (Å²) in [4.78, 5) is 10.7. The van der Waals surface area contributed by atoms with Crippen molar-refractivity contribution in [2.24, 2.45) is 11.1 Å². The molecule has 12 heavy (non-hydrogen) atoms. The number of ether oxygens (including phenoxy) is 1. The van der Waals surface area contributed by atoms with Crippen LogP contribution in [0.1, 0.15) is 20.3 Å². The summed E-state index contributed by atoms with van der Waals surface area (Å²) in [6.07, 6.45) is 0.465. The van der Waals surface area contributed by atoms with Crippen molar-refractivity contribution < 1.29 is 14.6 Å². The summed E-state index contributed by atoms with van der Waals surface area (Å²) in [6.45, 7) is 4.72. The van der Waals surface area contributed by atoms with Crippen molar-refractivity contribution in [3.63, 3.8) is 0 Å². The molecule has 3 N–H and O–H groups in total. The maximum Gasteiger partial charge on any atom is 0.310 e. The van der Waals surface area contributed by atoms with Crippen LogP contribution in [0, 0.1) is 5.41 Å². The maximum atomic E-state index is 10.7. The smallest absolute Gasteiger partial charge is 0.310 e. The van der Waals surface area contributed by atoms with Crippen LogP contribution in [-0.2, 0) is 9.53 Å². The van der Waals surface area contributed by atoms with Crippen LogP contribution in [0.3, 0.4) is 0 Å². The van der Waals surface area contributed by atoms with Crippen molar-refractivity contribution in [2.75, 3.05) is 19.8 Å². The van der Waals surface area contributed by atoms with Crippen LogP contribution in [0.4, 0.5) is 0 Å². The van der Waals surface area contributed by atoms with E-state index in [0.717, 1.165) is 0 Å². The third kappa shape index (κ3) is 3.19. The Morgan fingerprint density at radius 3 is 2.58 bits per heavy atom. The van der Waals surface area contributed by atoms with Gasteiger partial charge in [-0.15, -0.1) is 0 Å². The average Bonchev–Trinajstić information content (AvgIpc) is 2.04. The Morgan fingerprint density at radius 2 is 2.25 bits per heavy atom. The highest BCUT2D eigenvalue weighted by molar-refractivity contribution is 5.74. The molecule has 4 heteroatoms. The highest BCUT2D eigenvalue weighted by Gasteiger charge is 2.30. The molecule has 0 saturated heterocycles. The molecule has 72 valence electrons. The Bertz CT molecular complexity index is 149. The monoisotopic (exact) mass is 175 g/mol. The van der Waals surface area contributed by atoms with Gasteiger partial charge < -0.3 is 15.6 Å². The van der Waals surface area contributed by atoms with Gasteiger partial charge in [0.1, 0.15) is 0 Å². The Morgan fingerprint density at radius 1 is 1.67 bits per heavy atom. The summed E-state index contributed by atoms with van der Waals surface area (Å²) in [7, 11) is 0. The van der Waals surface area contributed by atoms with E-state index in [1.807, 2.05) is 6.92 Å². The largest absolute Gasteiger partial charge is 0.481 e. The summed E-state index contributed by atoms with van der Waals surface area (Å²) in [5.41, 5.74) is 4.52. The third-order valence-corrected chi connectivity index (χ3v) is 1.97. The fourth-order valence-electron chi connectivity index (χ4n) is 0.738. The molecule has 0 spiro atoms. The zero-order valence-corrected chi connectivity index (χ0v) is 7.67. The predicted molar refractivity (Wildman–Crippen MR) is 45.9 cm³/mol. The van der Waals surface area contributed by atoms with Gasteiger partial charge in [0.25, 0.3) is 0 Å². The van der Waals surface area contributed by atoms with Gasteiger partial charge in [-0.1, -0.05) is 0 Å². The van der Waals surface area contributed by atoms with E-state index >= 15 is 0 Å². The van der Waals surface area contributed by atoms with E-state index in [1.54, 1.807) is 6.92 Å². The van der Waals surface area contributed by atoms with Crippen LogP contribution < -0.4 is 5.73 Å². The molecule has 0 aromatic rings. The van der Waals surface area contributed by atoms with E-state index in [1.165, 1.54) is 0 Å². The number of carboxylic acids is 1. The first-order chi connectivity index (χ1) is 5.56. The van der Waals surface area contributed by atoms with Gasteiger partial charge in [0, 0.05) is 19.8 Å². The lowest BCUT2D eigenvalue weighted by molar-refractivity contribution is -0.148. The van der Waals surface area contributed by atoms with Gasteiger partial charge in [-0.3, -0.25) is 4.79 Å². The van der Waals surface area contributed by atoms with Crippen LogP contribution in [0.5, 0.6) is 0 Å². The van der Waals surface area contributed by atoms with Gasteiger partial charge in [-0.25, -0.2) is 0 Å². The Kier molecular flexibility index (Phi) is 4.85. The second-order valence-corrected chi connectivity index (χ2v) is 3.02. The zero-order valence-electron chi connectivity index (χ0n) is 7.67. The molecule has 0 aromatic heterocycles. The lowest BCUT2D eigenvalue weighted by Crippen LogP contribution is -2.36. The number of carboxylic acid groups (broad SMARTS) is 1. The van der Waals surface area contributed by atoms with Crippen LogP contribution in [-0.4, -0.2) is 30.8 Å². The van der Waals surface area contributed by atoms with Gasteiger partial charge in [0.2, 0.25) is 0 Å². The van der Waals surface area contributed by atoms with Crippen molar-refractivity contribution in [1.82, 2.24) is 0 Å². The summed E-state index contributed by atoms with van der Waals surface area (Å²) in [6, 6.07) is 0. The molecule has 0 aliphatic carbocycles. The van der Waals surface area contributed by atoms with Gasteiger partial charge in [0.05, 0.1) is 5.41 Å². The summed E-state index contributed by atoms with van der Waals surface area (Å²) >= 11 is 0. The number of hydrogen-bond acceptors (Lipinski definition) is 3. The van der Waals surface area contributed by atoms with Crippen molar-refractivity contribution in [1.29, 1.82) is 0 Å². The normalized spacial score (nSPS) is 15.6. The fraction of sp³-hybridized carbons (Fsp3) is 0.875. The fourth-order valence-corrected chi connectivity index (χ4v) is 0.738. The lowest BCUT2D eigenvalue weighted by atomic mass is 9.87. The first-order valence-electron chi connectivity index (χ1n) is 4.08. The number of nitrogens with two attached hydrogens (primary N) is 1. The lowest BCUT2D eigenvalue weighted by Gasteiger charge is -2.21. The predicted octanol–water partition coefficient (Wildman–Crippen LogP) is 0.463. The Balaban J connectivity index is 3.88. The number of hydrogen-bond donors (Lipinski definition) is 2. The summed E-state index contributed by atoms with van der Waals surface area (Å²) < 4.78 is 5.06. The molecule has 0 aromatic carbocycles. The number of rotatable bonds is 6. The molecular weight excluding hydrogens is 158 g/mol. The highest BCUT2D eigenvalue weighted by Crippen LogP contribution is 2.19. The molecule has 0 heterocycles. The third-order valence-electron chi connectivity index (χ3n) is 1.97. The maximum absolute atomic E-state index is 10.7. The summed E-state index contributed by atoms with van der Waals surface area (Å²) in [5.74, 6) is -0.857. The first-order valence-corrected chi connectivity index (χ1v) is 4.08. The Hall–Kier alpha value is -0.610. The van der Waals surface area contributed by atoms with Crippen molar-refractivity contribution in [2.45, 2.75) is 20.3 Å². The minimum absolute atomic E-state index is 0.148. The molecule has 0 aliphatic rings. The minimum atomic E-state index is -0.857. The molecule has 0 aliphatic heterocycles. The van der Waals surface area contributed by atoms with E-state index in [4.69, 9.17) is 15.6 Å². The van der Waals surface area contributed by atoms with Crippen LogP contribution >= 0.6 is 0 Å². The second kappa shape index (κ2) is 5.11. The molecular formula is C8H17NO3. The molecule has 0 radical (unpaired) electrons. The second-order valence-electron chi connectivity index (χ2n) is 3.02. The molecule has 4 nitrogen and oxygen atoms in total. The SMILES string of the molecule is CCOCCC(C)(CN)C(=O)O. The number of aliphatic carboxylic acids is 1. The van der Waals surface area contributed by atoms with E-state index < -0.39 is 11.4 Å². The van der Waals surface area contributed by atoms with Crippen LogP contribution in [0.25, 0.3) is 0 Å². The molecule has 0 fully saturated rings. The van der Waals surface area contributed by atoms with E-state index in [-0.39, 0.29) is 6.54 Å². The molecule has 1 atom stereocenters. The van der Waals surface area contributed by atoms with Gasteiger partial charge >= 0.3 is 5.97 Å². The van der Waals surface area contributed by atoms with Gasteiger partial charge in [-0.05, 0) is 20.3 Å². The molecule has 0 rings (SSSR count). The van der Waals surface area contributed by atoms with E-state index in [2.05, 4.69) is 0 Å². The van der Waals surface area contributed by atoms with E-state index in [0.29, 0.717) is 19.6 Å². The highest BCUT2D eigenvalue weighted by atomic mass is 16.5. The van der Waals surface area contributed by atoms with Gasteiger partial charge in [-0.2, -0.15) is 0 Å².